The fourth-order valence-corrected chi connectivity index (χ4v) is 2.49. The first-order valence-electron chi connectivity index (χ1n) is 7.76. The van der Waals surface area contributed by atoms with E-state index in [2.05, 4.69) is 29.4 Å². The highest BCUT2D eigenvalue weighted by Crippen LogP contribution is 2.17. The molecule has 2 aromatic rings. The maximum absolute atomic E-state index is 12.9. The fourth-order valence-electron chi connectivity index (χ4n) is 2.28. The van der Waals surface area contributed by atoms with Gasteiger partial charge in [0, 0.05) is 30.0 Å². The van der Waals surface area contributed by atoms with Gasteiger partial charge in [-0.3, -0.25) is 10.1 Å². The summed E-state index contributed by atoms with van der Waals surface area (Å²) in [5.41, 5.74) is 2.26. The van der Waals surface area contributed by atoms with Gasteiger partial charge in [0.05, 0.1) is 0 Å². The second-order valence-electron chi connectivity index (χ2n) is 5.13. The van der Waals surface area contributed by atoms with Crippen LogP contribution in [-0.2, 0) is 0 Å². The van der Waals surface area contributed by atoms with Crippen molar-refractivity contribution >= 4 is 34.6 Å². The lowest BCUT2D eigenvalue weighted by molar-refractivity contribution is 0.0977. The van der Waals surface area contributed by atoms with Crippen molar-refractivity contribution in [1.82, 2.24) is 5.32 Å². The van der Waals surface area contributed by atoms with Crippen molar-refractivity contribution < 1.29 is 9.18 Å². The highest BCUT2D eigenvalue weighted by atomic mass is 32.1. The molecule has 24 heavy (non-hydrogen) atoms. The molecule has 0 saturated heterocycles. The first-order valence-corrected chi connectivity index (χ1v) is 8.17. The quantitative estimate of drug-likeness (QED) is 0.809. The molecule has 0 saturated carbocycles. The van der Waals surface area contributed by atoms with E-state index in [1.54, 1.807) is 0 Å². The monoisotopic (exact) mass is 345 g/mol. The second-order valence-corrected chi connectivity index (χ2v) is 5.54. The molecule has 0 atom stereocenters. The van der Waals surface area contributed by atoms with Crippen LogP contribution in [0.15, 0.2) is 48.5 Å². The lowest BCUT2D eigenvalue weighted by atomic mass is 10.2. The molecule has 1 amide bonds. The van der Waals surface area contributed by atoms with Crippen LogP contribution in [0.25, 0.3) is 0 Å². The zero-order chi connectivity index (χ0) is 17.5. The van der Waals surface area contributed by atoms with E-state index in [1.807, 2.05) is 24.3 Å². The maximum Gasteiger partial charge on any atom is 0.257 e. The van der Waals surface area contributed by atoms with Crippen molar-refractivity contribution in [2.75, 3.05) is 23.3 Å². The lowest BCUT2D eigenvalue weighted by Crippen LogP contribution is -2.34. The SMILES string of the molecule is CCN(CC)c1ccc(NC(=S)NC(=O)c2ccc(F)cc2)cc1. The third kappa shape index (κ3) is 4.76. The Labute approximate surface area is 146 Å². The molecule has 126 valence electrons. The van der Waals surface area contributed by atoms with E-state index in [9.17, 15) is 9.18 Å². The number of carbonyl (C=O) groups excluding carboxylic acids is 1. The normalized spacial score (nSPS) is 10.1. The van der Waals surface area contributed by atoms with E-state index >= 15 is 0 Å². The molecule has 0 aliphatic carbocycles. The minimum Gasteiger partial charge on any atom is -0.372 e. The molecule has 0 aromatic heterocycles. The first-order chi connectivity index (χ1) is 11.5. The smallest absolute Gasteiger partial charge is 0.257 e. The van der Waals surface area contributed by atoms with Gasteiger partial charge in [-0.15, -0.1) is 0 Å². The Bertz CT molecular complexity index is 697. The van der Waals surface area contributed by atoms with Crippen LogP contribution in [0, 0.1) is 5.82 Å². The summed E-state index contributed by atoms with van der Waals surface area (Å²) >= 11 is 5.14. The van der Waals surface area contributed by atoms with Crippen LogP contribution in [0.4, 0.5) is 15.8 Å². The second kappa shape index (κ2) is 8.40. The van der Waals surface area contributed by atoms with Crippen LogP contribution in [-0.4, -0.2) is 24.1 Å². The fraction of sp³-hybridized carbons (Fsp3) is 0.222. The Balaban J connectivity index is 1.94. The van der Waals surface area contributed by atoms with Crippen LogP contribution in [0.3, 0.4) is 0 Å². The van der Waals surface area contributed by atoms with Gasteiger partial charge in [-0.2, -0.15) is 0 Å². The summed E-state index contributed by atoms with van der Waals surface area (Å²) in [6.45, 7) is 6.09. The number of nitrogens with one attached hydrogen (secondary N) is 2. The van der Waals surface area contributed by atoms with Crippen LogP contribution < -0.4 is 15.5 Å². The summed E-state index contributed by atoms with van der Waals surface area (Å²) in [7, 11) is 0. The summed E-state index contributed by atoms with van der Waals surface area (Å²) in [5, 5.41) is 5.73. The van der Waals surface area contributed by atoms with Crippen molar-refractivity contribution in [3.05, 3.63) is 59.9 Å². The topological polar surface area (TPSA) is 44.4 Å². The van der Waals surface area contributed by atoms with E-state index in [0.29, 0.717) is 5.56 Å². The Kier molecular flexibility index (Phi) is 6.26. The van der Waals surface area contributed by atoms with E-state index in [0.717, 1.165) is 24.5 Å². The minimum atomic E-state index is -0.388. The van der Waals surface area contributed by atoms with E-state index < -0.39 is 0 Å². The summed E-state index contributed by atoms with van der Waals surface area (Å²) in [6.07, 6.45) is 0. The number of halogens is 1. The highest BCUT2D eigenvalue weighted by molar-refractivity contribution is 7.80. The van der Waals surface area contributed by atoms with Gasteiger partial charge in [-0.05, 0) is 74.6 Å². The largest absolute Gasteiger partial charge is 0.372 e. The van der Waals surface area contributed by atoms with E-state index in [-0.39, 0.29) is 16.8 Å². The Morgan fingerprint density at radius 2 is 1.62 bits per heavy atom. The van der Waals surface area contributed by atoms with Gasteiger partial charge in [0.15, 0.2) is 5.11 Å². The van der Waals surface area contributed by atoms with E-state index in [4.69, 9.17) is 12.2 Å². The van der Waals surface area contributed by atoms with Gasteiger partial charge in [-0.25, -0.2) is 4.39 Å². The molecule has 0 aliphatic heterocycles. The predicted molar refractivity (Wildman–Crippen MR) is 100 cm³/mol. The number of anilines is 2. The number of rotatable bonds is 5. The molecule has 2 N–H and O–H groups in total. The molecule has 4 nitrogen and oxygen atoms in total. The molecule has 0 spiro atoms. The zero-order valence-electron chi connectivity index (χ0n) is 13.7. The highest BCUT2D eigenvalue weighted by Gasteiger charge is 2.08. The van der Waals surface area contributed by atoms with Crippen LogP contribution in [0.1, 0.15) is 24.2 Å². The Morgan fingerprint density at radius 1 is 1.04 bits per heavy atom. The molecular formula is C18H20FN3OS. The van der Waals surface area contributed by atoms with Crippen molar-refractivity contribution in [2.45, 2.75) is 13.8 Å². The molecule has 0 unspecified atom stereocenters. The molecule has 2 rings (SSSR count). The van der Waals surface area contributed by atoms with Crippen molar-refractivity contribution in [3.63, 3.8) is 0 Å². The third-order valence-electron chi connectivity index (χ3n) is 3.59. The minimum absolute atomic E-state index is 0.194. The molecule has 6 heteroatoms. The van der Waals surface area contributed by atoms with Gasteiger partial charge in [0.1, 0.15) is 5.82 Å². The predicted octanol–water partition coefficient (Wildman–Crippen LogP) is 3.80. The number of nitrogens with zero attached hydrogens (tertiary/aromatic N) is 1. The number of amides is 1. The zero-order valence-corrected chi connectivity index (χ0v) is 14.5. The Morgan fingerprint density at radius 3 is 2.17 bits per heavy atom. The van der Waals surface area contributed by atoms with Gasteiger partial charge < -0.3 is 10.2 Å². The average Bonchev–Trinajstić information content (AvgIpc) is 2.58. The van der Waals surface area contributed by atoms with Gasteiger partial charge >= 0.3 is 0 Å². The Hall–Kier alpha value is -2.47. The number of hydrogen-bond donors (Lipinski definition) is 2. The summed E-state index contributed by atoms with van der Waals surface area (Å²) in [4.78, 5) is 14.2. The van der Waals surface area contributed by atoms with Crippen molar-refractivity contribution in [2.24, 2.45) is 0 Å². The summed E-state index contributed by atoms with van der Waals surface area (Å²) < 4.78 is 12.9. The molecule has 0 bridgehead atoms. The third-order valence-corrected chi connectivity index (χ3v) is 3.79. The van der Waals surface area contributed by atoms with Crippen molar-refractivity contribution in [1.29, 1.82) is 0 Å². The number of thiocarbonyl (C=S) groups is 1. The van der Waals surface area contributed by atoms with Gasteiger partial charge in [0.25, 0.3) is 5.91 Å². The molecule has 2 aromatic carbocycles. The van der Waals surface area contributed by atoms with Crippen molar-refractivity contribution in [3.8, 4) is 0 Å². The average molecular weight is 345 g/mol. The van der Waals surface area contributed by atoms with Crippen LogP contribution in [0.5, 0.6) is 0 Å². The molecule has 0 fully saturated rings. The lowest BCUT2D eigenvalue weighted by Gasteiger charge is -2.21. The van der Waals surface area contributed by atoms with Crippen LogP contribution >= 0.6 is 12.2 Å². The number of hydrogen-bond acceptors (Lipinski definition) is 3. The number of carbonyl (C=O) groups is 1. The molecule has 0 aliphatic rings. The standard InChI is InChI=1S/C18H20FN3OS/c1-3-22(4-2)16-11-9-15(10-12-16)20-18(24)21-17(23)13-5-7-14(19)8-6-13/h5-12H,3-4H2,1-2H3,(H2,20,21,23,24). The summed E-state index contributed by atoms with van der Waals surface area (Å²) in [6, 6.07) is 13.1. The maximum atomic E-state index is 12.9. The molecular weight excluding hydrogens is 325 g/mol. The molecule has 0 radical (unpaired) electrons. The van der Waals surface area contributed by atoms with Gasteiger partial charge in [0.2, 0.25) is 0 Å². The first kappa shape index (κ1) is 17.9. The summed E-state index contributed by atoms with van der Waals surface area (Å²) in [5.74, 6) is -0.771. The van der Waals surface area contributed by atoms with E-state index in [1.165, 1.54) is 24.3 Å². The molecule has 0 heterocycles. The van der Waals surface area contributed by atoms with Gasteiger partial charge in [-0.1, -0.05) is 0 Å². The van der Waals surface area contributed by atoms with Crippen LogP contribution in [0.2, 0.25) is 0 Å². The number of benzene rings is 2.